The largest absolute Gasteiger partial charge is 0.490 e. The number of carbonyl (C=O) groups excluding carboxylic acids is 2. The van der Waals surface area contributed by atoms with Gasteiger partial charge in [-0.3, -0.25) is 9.59 Å². The molecule has 3 aromatic rings. The van der Waals surface area contributed by atoms with Crippen molar-refractivity contribution in [1.29, 1.82) is 0 Å². The number of anilines is 1. The van der Waals surface area contributed by atoms with Gasteiger partial charge in [0.25, 0.3) is 5.91 Å². The third kappa shape index (κ3) is 6.70. The van der Waals surface area contributed by atoms with Crippen LogP contribution >= 0.6 is 23.1 Å². The molecule has 2 amide bonds. The number of amides is 2. The smallest absolute Gasteiger partial charge is 0.254 e. The van der Waals surface area contributed by atoms with Crippen LogP contribution in [0.3, 0.4) is 0 Å². The zero-order valence-electron chi connectivity index (χ0n) is 20.3. The van der Waals surface area contributed by atoms with Gasteiger partial charge in [0.2, 0.25) is 11.0 Å². The van der Waals surface area contributed by atoms with Crippen molar-refractivity contribution in [1.82, 2.24) is 20.4 Å². The number of thioether (sulfide) groups is 1. The van der Waals surface area contributed by atoms with Crippen LogP contribution in [0.1, 0.15) is 30.0 Å². The van der Waals surface area contributed by atoms with E-state index in [-0.39, 0.29) is 17.6 Å². The van der Waals surface area contributed by atoms with Crippen LogP contribution in [0.25, 0.3) is 0 Å². The van der Waals surface area contributed by atoms with E-state index in [1.165, 1.54) is 23.1 Å². The first-order chi connectivity index (χ1) is 17.6. The highest BCUT2D eigenvalue weighted by Gasteiger charge is 2.25. The molecule has 0 unspecified atom stereocenters. The van der Waals surface area contributed by atoms with Gasteiger partial charge in [-0.1, -0.05) is 23.1 Å². The number of furan rings is 1. The lowest BCUT2D eigenvalue weighted by Gasteiger charge is -2.34. The number of benzene rings is 1. The molecule has 3 heterocycles. The van der Waals surface area contributed by atoms with Gasteiger partial charge in [0, 0.05) is 31.7 Å². The molecule has 1 N–H and O–H groups in total. The first-order valence-electron chi connectivity index (χ1n) is 11.8. The number of piperazine rings is 1. The van der Waals surface area contributed by atoms with Crippen molar-refractivity contribution >= 4 is 40.0 Å². The Labute approximate surface area is 218 Å². The molecule has 0 saturated carbocycles. The Morgan fingerprint density at radius 3 is 2.58 bits per heavy atom. The number of nitrogens with one attached hydrogen (secondary N) is 1. The van der Waals surface area contributed by atoms with Crippen molar-refractivity contribution in [3.8, 4) is 11.5 Å². The van der Waals surface area contributed by atoms with Crippen molar-refractivity contribution in [3.63, 3.8) is 0 Å². The lowest BCUT2D eigenvalue weighted by molar-refractivity contribution is -0.118. The Balaban J connectivity index is 1.26. The molecule has 36 heavy (non-hydrogen) atoms. The molecule has 0 bridgehead atoms. The number of hydrogen-bond donors (Lipinski definition) is 1. The van der Waals surface area contributed by atoms with E-state index in [0.29, 0.717) is 68.8 Å². The monoisotopic (exact) mass is 531 g/mol. The number of aromatic nitrogens is 2. The summed E-state index contributed by atoms with van der Waals surface area (Å²) in [5.74, 6) is 2.05. The van der Waals surface area contributed by atoms with E-state index >= 15 is 0 Å². The number of carbonyl (C=O) groups is 2. The summed E-state index contributed by atoms with van der Waals surface area (Å²) >= 11 is 2.80. The molecule has 12 heteroatoms. The van der Waals surface area contributed by atoms with E-state index in [1.807, 2.05) is 24.8 Å². The highest BCUT2D eigenvalue weighted by Crippen LogP contribution is 2.30. The standard InChI is InChI=1S/C24H29N5O5S2/c1-3-32-19-8-7-17(14-20(19)33-4-2)22(31)28-9-11-29(12-10-28)23-26-27-24(36-23)35-16-21(30)25-15-18-6-5-13-34-18/h5-8,13-14H,3-4,9-12,15-16H2,1-2H3,(H,25,30). The Morgan fingerprint density at radius 1 is 1.08 bits per heavy atom. The van der Waals surface area contributed by atoms with E-state index < -0.39 is 0 Å². The maximum absolute atomic E-state index is 13.1. The quantitative estimate of drug-likeness (QED) is 0.373. The third-order valence-electron chi connectivity index (χ3n) is 5.39. The van der Waals surface area contributed by atoms with Gasteiger partial charge in [-0.25, -0.2) is 0 Å². The van der Waals surface area contributed by atoms with Gasteiger partial charge in [-0.15, -0.1) is 10.2 Å². The molecular weight excluding hydrogens is 502 g/mol. The van der Waals surface area contributed by atoms with E-state index in [0.717, 1.165) is 9.47 Å². The molecule has 0 atom stereocenters. The van der Waals surface area contributed by atoms with Crippen LogP contribution in [0.2, 0.25) is 0 Å². The molecule has 1 saturated heterocycles. The lowest BCUT2D eigenvalue weighted by Crippen LogP contribution is -2.48. The Morgan fingerprint density at radius 2 is 1.86 bits per heavy atom. The molecule has 1 aromatic carbocycles. The number of rotatable bonds is 11. The summed E-state index contributed by atoms with van der Waals surface area (Å²) in [6, 6.07) is 8.92. The Hall–Kier alpha value is -3.25. The predicted molar refractivity (Wildman–Crippen MR) is 138 cm³/mol. The first kappa shape index (κ1) is 25.8. The highest BCUT2D eigenvalue weighted by molar-refractivity contribution is 8.01. The Bertz CT molecular complexity index is 1150. The molecule has 1 aliphatic rings. The fourth-order valence-corrected chi connectivity index (χ4v) is 5.36. The molecule has 192 valence electrons. The minimum absolute atomic E-state index is 0.0345. The van der Waals surface area contributed by atoms with E-state index in [1.54, 1.807) is 30.5 Å². The zero-order valence-corrected chi connectivity index (χ0v) is 21.9. The van der Waals surface area contributed by atoms with Gasteiger partial charge in [-0.05, 0) is 44.2 Å². The molecule has 0 aliphatic carbocycles. The van der Waals surface area contributed by atoms with Crippen LogP contribution < -0.4 is 19.7 Å². The summed E-state index contributed by atoms with van der Waals surface area (Å²) in [4.78, 5) is 29.1. The average molecular weight is 532 g/mol. The van der Waals surface area contributed by atoms with Crippen LogP contribution in [0.5, 0.6) is 11.5 Å². The fourth-order valence-electron chi connectivity index (χ4n) is 3.63. The van der Waals surface area contributed by atoms with Gasteiger partial charge in [-0.2, -0.15) is 0 Å². The summed E-state index contributed by atoms with van der Waals surface area (Å²) in [6.07, 6.45) is 1.58. The van der Waals surface area contributed by atoms with Crippen molar-refractivity contribution in [3.05, 3.63) is 47.9 Å². The summed E-state index contributed by atoms with van der Waals surface area (Å²) in [5, 5.41) is 12.1. The second kappa shape index (κ2) is 12.6. The SMILES string of the molecule is CCOc1ccc(C(=O)N2CCN(c3nnc(SCC(=O)NCc4ccco4)s3)CC2)cc1OCC. The minimum Gasteiger partial charge on any atom is -0.490 e. The normalized spacial score (nSPS) is 13.5. The van der Waals surface area contributed by atoms with E-state index in [9.17, 15) is 9.59 Å². The molecule has 2 aromatic heterocycles. The minimum atomic E-state index is -0.0953. The van der Waals surface area contributed by atoms with Gasteiger partial charge < -0.3 is 29.0 Å². The molecule has 0 spiro atoms. The fraction of sp³-hybridized carbons (Fsp3) is 0.417. The van der Waals surface area contributed by atoms with Crippen molar-refractivity contribution in [2.24, 2.45) is 0 Å². The molecular formula is C24H29N5O5S2. The maximum atomic E-state index is 13.1. The van der Waals surface area contributed by atoms with Gasteiger partial charge >= 0.3 is 0 Å². The van der Waals surface area contributed by atoms with Crippen LogP contribution in [-0.4, -0.2) is 72.1 Å². The second-order valence-corrected chi connectivity index (χ2v) is 9.98. The Kier molecular flexibility index (Phi) is 9.06. The van der Waals surface area contributed by atoms with Gasteiger partial charge in [0.15, 0.2) is 15.8 Å². The molecule has 0 radical (unpaired) electrons. The number of ether oxygens (including phenoxy) is 2. The van der Waals surface area contributed by atoms with E-state index in [4.69, 9.17) is 13.9 Å². The topological polar surface area (TPSA) is 110 Å². The summed E-state index contributed by atoms with van der Waals surface area (Å²) in [7, 11) is 0. The van der Waals surface area contributed by atoms with Crippen LogP contribution in [-0.2, 0) is 11.3 Å². The van der Waals surface area contributed by atoms with Gasteiger partial charge in [0.1, 0.15) is 5.76 Å². The predicted octanol–water partition coefficient (Wildman–Crippen LogP) is 3.30. The first-order valence-corrected chi connectivity index (χ1v) is 13.6. The van der Waals surface area contributed by atoms with Crippen molar-refractivity contribution in [2.75, 3.05) is 50.0 Å². The van der Waals surface area contributed by atoms with Crippen LogP contribution in [0.4, 0.5) is 5.13 Å². The van der Waals surface area contributed by atoms with Gasteiger partial charge in [0.05, 0.1) is 31.8 Å². The second-order valence-electron chi connectivity index (χ2n) is 7.80. The zero-order chi connectivity index (χ0) is 25.3. The third-order valence-corrected chi connectivity index (χ3v) is 7.51. The lowest BCUT2D eigenvalue weighted by atomic mass is 10.1. The van der Waals surface area contributed by atoms with E-state index in [2.05, 4.69) is 20.4 Å². The summed E-state index contributed by atoms with van der Waals surface area (Å²) in [6.45, 7) is 7.66. The molecule has 1 fully saturated rings. The van der Waals surface area contributed by atoms with Crippen LogP contribution in [0, 0.1) is 0 Å². The summed E-state index contributed by atoms with van der Waals surface area (Å²) in [5.41, 5.74) is 0.579. The van der Waals surface area contributed by atoms with Crippen molar-refractivity contribution in [2.45, 2.75) is 24.7 Å². The maximum Gasteiger partial charge on any atom is 0.254 e. The van der Waals surface area contributed by atoms with Crippen molar-refractivity contribution < 1.29 is 23.5 Å². The highest BCUT2D eigenvalue weighted by atomic mass is 32.2. The summed E-state index contributed by atoms with van der Waals surface area (Å²) < 4.78 is 17.2. The van der Waals surface area contributed by atoms with Crippen LogP contribution in [0.15, 0.2) is 45.4 Å². The molecule has 4 rings (SSSR count). The average Bonchev–Trinajstić information content (AvgIpc) is 3.60. The molecule has 1 aliphatic heterocycles. The molecule has 10 nitrogen and oxygen atoms in total. The number of hydrogen-bond acceptors (Lipinski definition) is 10. The number of nitrogens with zero attached hydrogens (tertiary/aromatic N) is 4.